The lowest BCUT2D eigenvalue weighted by atomic mass is 9.94. The van der Waals surface area contributed by atoms with Crippen molar-refractivity contribution in [3.63, 3.8) is 0 Å². The molecule has 1 fully saturated rings. The maximum absolute atomic E-state index is 12.1. The fourth-order valence-electron chi connectivity index (χ4n) is 3.37. The third-order valence-electron chi connectivity index (χ3n) is 4.83. The average molecular weight is 373 g/mol. The van der Waals surface area contributed by atoms with Crippen LogP contribution in [0.1, 0.15) is 40.6 Å². The van der Waals surface area contributed by atoms with E-state index in [1.807, 2.05) is 12.1 Å². The van der Waals surface area contributed by atoms with Crippen molar-refractivity contribution in [1.82, 2.24) is 15.4 Å². The maximum atomic E-state index is 12.1. The van der Waals surface area contributed by atoms with Crippen molar-refractivity contribution in [2.24, 2.45) is 0 Å². The van der Waals surface area contributed by atoms with Gasteiger partial charge in [0.1, 0.15) is 5.75 Å². The van der Waals surface area contributed by atoms with Crippen LogP contribution in [-0.2, 0) is 11.3 Å². The summed E-state index contributed by atoms with van der Waals surface area (Å²) in [6.45, 7) is 3.77. The van der Waals surface area contributed by atoms with Crippen LogP contribution in [-0.4, -0.2) is 56.4 Å². The molecule has 1 aliphatic heterocycles. The molecule has 3 rings (SSSR count). The van der Waals surface area contributed by atoms with E-state index in [0.717, 1.165) is 43.9 Å². The van der Waals surface area contributed by atoms with Gasteiger partial charge in [0, 0.05) is 38.7 Å². The molecular weight excluding hydrogens is 346 g/mol. The summed E-state index contributed by atoms with van der Waals surface area (Å²) in [4.78, 5) is 14.5. The first-order valence-corrected chi connectivity index (χ1v) is 9.28. The number of carbonyl (C=O) groups excluding carboxylic acids is 1. The molecule has 0 bridgehead atoms. The highest BCUT2D eigenvalue weighted by atomic mass is 16.5. The predicted octanol–water partition coefficient (Wildman–Crippen LogP) is 2.44. The number of hydrogen-bond acceptors (Lipinski definition) is 6. The molecule has 1 saturated heterocycles. The van der Waals surface area contributed by atoms with Gasteiger partial charge in [-0.15, -0.1) is 0 Å². The molecule has 2 heterocycles. The molecule has 146 valence electrons. The largest absolute Gasteiger partial charge is 0.497 e. The van der Waals surface area contributed by atoms with E-state index in [1.54, 1.807) is 20.3 Å². The molecule has 0 saturated carbocycles. The molecule has 1 atom stereocenters. The minimum absolute atomic E-state index is 0.253. The number of likely N-dealkylation sites (tertiary alicyclic amines) is 1. The number of rotatable bonds is 8. The van der Waals surface area contributed by atoms with Crippen molar-refractivity contribution >= 4 is 5.91 Å². The second-order valence-corrected chi connectivity index (χ2v) is 6.79. The van der Waals surface area contributed by atoms with Gasteiger partial charge in [0.2, 0.25) is 5.76 Å². The van der Waals surface area contributed by atoms with Gasteiger partial charge in [-0.2, -0.15) is 0 Å². The summed E-state index contributed by atoms with van der Waals surface area (Å²) < 4.78 is 15.4. The van der Waals surface area contributed by atoms with Gasteiger partial charge in [-0.05, 0) is 37.1 Å². The Hall–Kier alpha value is -2.38. The molecule has 1 N–H and O–H groups in total. The van der Waals surface area contributed by atoms with Gasteiger partial charge in [-0.3, -0.25) is 9.69 Å². The minimum atomic E-state index is -0.253. The van der Waals surface area contributed by atoms with Crippen LogP contribution >= 0.6 is 0 Å². The maximum Gasteiger partial charge on any atom is 0.289 e. The van der Waals surface area contributed by atoms with Crippen LogP contribution < -0.4 is 10.1 Å². The molecule has 27 heavy (non-hydrogen) atoms. The van der Waals surface area contributed by atoms with Gasteiger partial charge in [-0.1, -0.05) is 17.3 Å². The van der Waals surface area contributed by atoms with E-state index in [0.29, 0.717) is 13.2 Å². The van der Waals surface area contributed by atoms with E-state index < -0.39 is 0 Å². The number of piperidine rings is 1. The Kier molecular flexibility index (Phi) is 6.84. The number of amides is 1. The summed E-state index contributed by atoms with van der Waals surface area (Å²) >= 11 is 0. The van der Waals surface area contributed by atoms with Crippen molar-refractivity contribution in [1.29, 1.82) is 0 Å². The lowest BCUT2D eigenvalue weighted by molar-refractivity contribution is 0.0900. The zero-order chi connectivity index (χ0) is 19.1. The van der Waals surface area contributed by atoms with Gasteiger partial charge >= 0.3 is 0 Å². The van der Waals surface area contributed by atoms with Gasteiger partial charge in [0.15, 0.2) is 0 Å². The Morgan fingerprint density at radius 1 is 1.33 bits per heavy atom. The van der Waals surface area contributed by atoms with Gasteiger partial charge in [0.05, 0.1) is 19.4 Å². The molecule has 1 aliphatic rings. The molecule has 0 radical (unpaired) electrons. The molecule has 7 heteroatoms. The lowest BCUT2D eigenvalue weighted by Crippen LogP contribution is -2.34. The number of aromatic nitrogens is 1. The van der Waals surface area contributed by atoms with Crippen LogP contribution in [0.3, 0.4) is 0 Å². The fraction of sp³-hybridized carbons (Fsp3) is 0.500. The quantitative estimate of drug-likeness (QED) is 0.716. The molecule has 0 aliphatic carbocycles. The van der Waals surface area contributed by atoms with E-state index >= 15 is 0 Å². The Morgan fingerprint density at radius 3 is 2.89 bits per heavy atom. The standard InChI is InChI=1S/C20H27N3O4/c1-25-11-9-21-20(24)19-12-18(22-27-19)16-4-3-10-23(14-16)13-15-5-7-17(26-2)8-6-15/h5-8,12,16H,3-4,9-11,13-14H2,1-2H3,(H,21,24)/t16-/m1/s1. The minimum Gasteiger partial charge on any atom is -0.497 e. The Balaban J connectivity index is 1.56. The summed E-state index contributed by atoms with van der Waals surface area (Å²) in [6, 6.07) is 9.94. The Bertz CT molecular complexity index is 729. The number of nitrogens with zero attached hydrogens (tertiary/aromatic N) is 2. The second kappa shape index (κ2) is 9.53. The second-order valence-electron chi connectivity index (χ2n) is 6.79. The molecule has 7 nitrogen and oxygen atoms in total. The van der Waals surface area contributed by atoms with Crippen LogP contribution in [0.4, 0.5) is 0 Å². The Labute approximate surface area is 159 Å². The molecule has 0 unspecified atom stereocenters. The first kappa shape index (κ1) is 19.4. The molecule has 2 aromatic rings. The zero-order valence-electron chi connectivity index (χ0n) is 15.9. The molecule has 1 amide bonds. The van der Waals surface area contributed by atoms with E-state index in [-0.39, 0.29) is 17.6 Å². The van der Waals surface area contributed by atoms with E-state index in [9.17, 15) is 4.79 Å². The van der Waals surface area contributed by atoms with E-state index in [4.69, 9.17) is 14.0 Å². The van der Waals surface area contributed by atoms with Crippen LogP contribution in [0.5, 0.6) is 5.75 Å². The third kappa shape index (κ3) is 5.30. The van der Waals surface area contributed by atoms with Crippen LogP contribution in [0, 0.1) is 0 Å². The highest BCUT2D eigenvalue weighted by Crippen LogP contribution is 2.27. The van der Waals surface area contributed by atoms with Crippen molar-refractivity contribution < 1.29 is 18.8 Å². The topological polar surface area (TPSA) is 76.8 Å². The number of carbonyl (C=O) groups is 1. The van der Waals surface area contributed by atoms with Crippen molar-refractivity contribution in [3.8, 4) is 5.75 Å². The normalized spacial score (nSPS) is 17.6. The summed E-state index contributed by atoms with van der Waals surface area (Å²) in [6.07, 6.45) is 2.15. The van der Waals surface area contributed by atoms with Crippen LogP contribution in [0.25, 0.3) is 0 Å². The third-order valence-corrected chi connectivity index (χ3v) is 4.83. The first-order valence-electron chi connectivity index (χ1n) is 9.28. The zero-order valence-corrected chi connectivity index (χ0v) is 15.9. The molecule has 1 aromatic heterocycles. The Morgan fingerprint density at radius 2 is 2.15 bits per heavy atom. The average Bonchev–Trinajstić information content (AvgIpc) is 3.19. The lowest BCUT2D eigenvalue weighted by Gasteiger charge is -2.31. The summed E-state index contributed by atoms with van der Waals surface area (Å²) in [5.74, 6) is 1.15. The van der Waals surface area contributed by atoms with Gasteiger partial charge < -0.3 is 19.3 Å². The van der Waals surface area contributed by atoms with Crippen LogP contribution in [0.2, 0.25) is 0 Å². The monoisotopic (exact) mass is 373 g/mol. The summed E-state index contributed by atoms with van der Waals surface area (Å²) in [7, 11) is 3.27. The van der Waals surface area contributed by atoms with Gasteiger partial charge in [0.25, 0.3) is 5.91 Å². The highest BCUT2D eigenvalue weighted by molar-refractivity contribution is 5.91. The molecular formula is C20H27N3O4. The van der Waals surface area contributed by atoms with Crippen LogP contribution in [0.15, 0.2) is 34.9 Å². The smallest absolute Gasteiger partial charge is 0.289 e. The number of methoxy groups -OCH3 is 2. The SMILES string of the molecule is COCCNC(=O)c1cc([C@@H]2CCCN(Cc3ccc(OC)cc3)C2)no1. The number of ether oxygens (including phenoxy) is 2. The number of hydrogen-bond donors (Lipinski definition) is 1. The first-order chi connectivity index (χ1) is 13.2. The highest BCUT2D eigenvalue weighted by Gasteiger charge is 2.25. The number of benzene rings is 1. The summed E-state index contributed by atoms with van der Waals surface area (Å²) in [5.41, 5.74) is 2.11. The predicted molar refractivity (Wildman–Crippen MR) is 101 cm³/mol. The van der Waals surface area contributed by atoms with Crippen molar-refractivity contribution in [2.75, 3.05) is 40.5 Å². The number of nitrogens with one attached hydrogen (secondary N) is 1. The van der Waals surface area contributed by atoms with Crippen molar-refractivity contribution in [2.45, 2.75) is 25.3 Å². The van der Waals surface area contributed by atoms with E-state index in [1.165, 1.54) is 5.56 Å². The molecule has 0 spiro atoms. The van der Waals surface area contributed by atoms with E-state index in [2.05, 4.69) is 27.5 Å². The van der Waals surface area contributed by atoms with Gasteiger partial charge in [-0.25, -0.2) is 0 Å². The fourth-order valence-corrected chi connectivity index (χ4v) is 3.37. The van der Waals surface area contributed by atoms with Crippen molar-refractivity contribution in [3.05, 3.63) is 47.3 Å². The molecule has 1 aromatic carbocycles. The summed E-state index contributed by atoms with van der Waals surface area (Å²) in [5, 5.41) is 6.89.